The third-order valence-electron chi connectivity index (χ3n) is 2.61. The lowest BCUT2D eigenvalue weighted by atomic mass is 10.1. The molecule has 0 fully saturated rings. The molecular weight excluding hydrogens is 294 g/mol. The van der Waals surface area contributed by atoms with Gasteiger partial charge in [0.1, 0.15) is 0 Å². The Morgan fingerprint density at radius 1 is 1.28 bits per heavy atom. The SMILES string of the molecule is CN(C(=O)c1cccc(N)c1Br)c1ccncc1. The lowest BCUT2D eigenvalue weighted by Crippen LogP contribution is -2.26. The molecule has 0 aliphatic heterocycles. The van der Waals surface area contributed by atoms with Crippen molar-refractivity contribution >= 4 is 33.2 Å². The number of pyridine rings is 1. The number of nitrogen functional groups attached to an aromatic ring is 1. The van der Waals surface area contributed by atoms with Crippen LogP contribution in [0.4, 0.5) is 11.4 Å². The summed E-state index contributed by atoms with van der Waals surface area (Å²) in [6.07, 6.45) is 3.29. The van der Waals surface area contributed by atoms with Crippen LogP contribution in [0.3, 0.4) is 0 Å². The fourth-order valence-corrected chi connectivity index (χ4v) is 2.01. The first-order chi connectivity index (χ1) is 8.61. The van der Waals surface area contributed by atoms with Crippen molar-refractivity contribution in [1.82, 2.24) is 4.98 Å². The molecule has 4 nitrogen and oxygen atoms in total. The number of carbonyl (C=O) groups is 1. The smallest absolute Gasteiger partial charge is 0.259 e. The summed E-state index contributed by atoms with van der Waals surface area (Å²) in [4.78, 5) is 17.8. The van der Waals surface area contributed by atoms with Crippen LogP contribution < -0.4 is 10.6 Å². The number of hydrogen-bond donors (Lipinski definition) is 1. The molecule has 0 aliphatic carbocycles. The minimum Gasteiger partial charge on any atom is -0.398 e. The van der Waals surface area contributed by atoms with E-state index >= 15 is 0 Å². The van der Waals surface area contributed by atoms with E-state index in [4.69, 9.17) is 5.73 Å². The zero-order chi connectivity index (χ0) is 13.1. The number of rotatable bonds is 2. The Labute approximate surface area is 114 Å². The first-order valence-corrected chi connectivity index (χ1v) is 6.12. The highest BCUT2D eigenvalue weighted by molar-refractivity contribution is 9.10. The highest BCUT2D eigenvalue weighted by atomic mass is 79.9. The number of anilines is 2. The van der Waals surface area contributed by atoms with E-state index in [0.29, 0.717) is 15.7 Å². The molecule has 0 spiro atoms. The van der Waals surface area contributed by atoms with Crippen LogP contribution in [0.15, 0.2) is 47.2 Å². The number of benzene rings is 1. The van der Waals surface area contributed by atoms with Gasteiger partial charge in [-0.3, -0.25) is 9.78 Å². The van der Waals surface area contributed by atoms with Gasteiger partial charge in [-0.05, 0) is 40.2 Å². The van der Waals surface area contributed by atoms with Crippen LogP contribution in [0.5, 0.6) is 0 Å². The van der Waals surface area contributed by atoms with Crippen molar-refractivity contribution < 1.29 is 4.79 Å². The van der Waals surface area contributed by atoms with Crippen LogP contribution in [0.1, 0.15) is 10.4 Å². The zero-order valence-electron chi connectivity index (χ0n) is 9.80. The molecule has 0 bridgehead atoms. The Hall–Kier alpha value is -1.88. The third-order valence-corrected chi connectivity index (χ3v) is 3.50. The van der Waals surface area contributed by atoms with Crippen LogP contribution in [0.25, 0.3) is 0 Å². The van der Waals surface area contributed by atoms with Gasteiger partial charge in [0.05, 0.1) is 10.0 Å². The Morgan fingerprint density at radius 2 is 1.94 bits per heavy atom. The van der Waals surface area contributed by atoms with Gasteiger partial charge in [0, 0.05) is 30.8 Å². The van der Waals surface area contributed by atoms with Crippen LogP contribution in [0.2, 0.25) is 0 Å². The van der Waals surface area contributed by atoms with E-state index in [1.54, 1.807) is 54.7 Å². The second kappa shape index (κ2) is 5.18. The van der Waals surface area contributed by atoms with Gasteiger partial charge in [0.15, 0.2) is 0 Å². The molecule has 92 valence electrons. The van der Waals surface area contributed by atoms with Crippen LogP contribution in [-0.4, -0.2) is 17.9 Å². The third kappa shape index (κ3) is 2.36. The maximum Gasteiger partial charge on any atom is 0.259 e. The predicted molar refractivity (Wildman–Crippen MR) is 75.5 cm³/mol. The van der Waals surface area contributed by atoms with Crippen molar-refractivity contribution in [3.63, 3.8) is 0 Å². The van der Waals surface area contributed by atoms with Gasteiger partial charge in [-0.2, -0.15) is 0 Å². The van der Waals surface area contributed by atoms with Crippen LogP contribution in [-0.2, 0) is 0 Å². The summed E-state index contributed by atoms with van der Waals surface area (Å²) >= 11 is 3.34. The van der Waals surface area contributed by atoms with Crippen LogP contribution >= 0.6 is 15.9 Å². The van der Waals surface area contributed by atoms with Crippen molar-refractivity contribution in [3.05, 3.63) is 52.8 Å². The summed E-state index contributed by atoms with van der Waals surface area (Å²) < 4.78 is 0.621. The molecule has 0 radical (unpaired) electrons. The molecule has 1 aromatic heterocycles. The monoisotopic (exact) mass is 305 g/mol. The van der Waals surface area contributed by atoms with E-state index in [9.17, 15) is 4.79 Å². The van der Waals surface area contributed by atoms with Crippen LogP contribution in [0, 0.1) is 0 Å². The maximum absolute atomic E-state index is 12.3. The highest BCUT2D eigenvalue weighted by Gasteiger charge is 2.17. The fraction of sp³-hybridized carbons (Fsp3) is 0.0769. The molecule has 2 rings (SSSR count). The molecule has 0 saturated carbocycles. The minimum atomic E-state index is -0.125. The number of amides is 1. The van der Waals surface area contributed by atoms with Gasteiger partial charge in [-0.15, -0.1) is 0 Å². The molecule has 18 heavy (non-hydrogen) atoms. The number of aromatic nitrogens is 1. The normalized spacial score (nSPS) is 10.1. The summed E-state index contributed by atoms with van der Waals surface area (Å²) in [5.41, 5.74) is 7.63. The zero-order valence-corrected chi connectivity index (χ0v) is 11.4. The van der Waals surface area contributed by atoms with Gasteiger partial charge in [0.25, 0.3) is 5.91 Å². The van der Waals surface area contributed by atoms with E-state index in [2.05, 4.69) is 20.9 Å². The van der Waals surface area contributed by atoms with Crippen molar-refractivity contribution in [2.45, 2.75) is 0 Å². The second-order valence-corrected chi connectivity index (χ2v) is 4.57. The largest absolute Gasteiger partial charge is 0.398 e. The fourth-order valence-electron chi connectivity index (χ4n) is 1.58. The average Bonchev–Trinajstić information content (AvgIpc) is 2.41. The first kappa shape index (κ1) is 12.6. The number of nitrogens with two attached hydrogens (primary N) is 1. The van der Waals surface area contributed by atoms with Gasteiger partial charge >= 0.3 is 0 Å². The summed E-state index contributed by atoms with van der Waals surface area (Å²) in [7, 11) is 1.72. The quantitative estimate of drug-likeness (QED) is 0.868. The Kier molecular flexibility index (Phi) is 3.62. The van der Waals surface area contributed by atoms with Crippen molar-refractivity contribution in [1.29, 1.82) is 0 Å². The lowest BCUT2D eigenvalue weighted by molar-refractivity contribution is 0.0992. The summed E-state index contributed by atoms with van der Waals surface area (Å²) in [5.74, 6) is -0.125. The van der Waals surface area contributed by atoms with Crippen molar-refractivity contribution in [3.8, 4) is 0 Å². The Morgan fingerprint density at radius 3 is 2.61 bits per heavy atom. The standard InChI is InChI=1S/C13H12BrN3O/c1-17(9-5-7-16-8-6-9)13(18)10-3-2-4-11(15)12(10)14/h2-8H,15H2,1H3. The minimum absolute atomic E-state index is 0.125. The summed E-state index contributed by atoms with van der Waals surface area (Å²) in [6, 6.07) is 8.79. The molecule has 0 unspecified atom stereocenters. The summed E-state index contributed by atoms with van der Waals surface area (Å²) in [5, 5.41) is 0. The van der Waals surface area contributed by atoms with Crippen molar-refractivity contribution in [2.24, 2.45) is 0 Å². The van der Waals surface area contributed by atoms with E-state index in [1.807, 2.05) is 0 Å². The molecule has 0 saturated heterocycles. The molecule has 2 aromatic rings. The second-order valence-electron chi connectivity index (χ2n) is 3.78. The van der Waals surface area contributed by atoms with Gasteiger partial charge in [-0.1, -0.05) is 6.07 Å². The molecule has 1 heterocycles. The maximum atomic E-state index is 12.3. The van der Waals surface area contributed by atoms with E-state index in [0.717, 1.165) is 5.69 Å². The van der Waals surface area contributed by atoms with Gasteiger partial charge in [-0.25, -0.2) is 0 Å². The number of halogens is 1. The van der Waals surface area contributed by atoms with Crippen molar-refractivity contribution in [2.75, 3.05) is 17.7 Å². The summed E-state index contributed by atoms with van der Waals surface area (Å²) in [6.45, 7) is 0. The molecule has 1 amide bonds. The molecule has 1 aromatic carbocycles. The molecule has 0 atom stereocenters. The molecule has 0 aliphatic rings. The highest BCUT2D eigenvalue weighted by Crippen LogP contribution is 2.26. The predicted octanol–water partition coefficient (Wildman–Crippen LogP) is 2.70. The molecule has 2 N–H and O–H groups in total. The topological polar surface area (TPSA) is 59.2 Å². The lowest BCUT2D eigenvalue weighted by Gasteiger charge is -2.18. The van der Waals surface area contributed by atoms with Gasteiger partial charge < -0.3 is 10.6 Å². The first-order valence-electron chi connectivity index (χ1n) is 5.33. The van der Waals surface area contributed by atoms with Gasteiger partial charge in [0.2, 0.25) is 0 Å². The number of hydrogen-bond acceptors (Lipinski definition) is 3. The number of carbonyl (C=O) groups excluding carboxylic acids is 1. The van der Waals surface area contributed by atoms with E-state index in [-0.39, 0.29) is 5.91 Å². The number of nitrogens with zero attached hydrogens (tertiary/aromatic N) is 2. The Balaban J connectivity index is 2.35. The Bertz CT molecular complexity index is 572. The average molecular weight is 306 g/mol. The molecular formula is C13H12BrN3O. The van der Waals surface area contributed by atoms with E-state index in [1.165, 1.54) is 0 Å². The molecule has 5 heteroatoms. The van der Waals surface area contributed by atoms with E-state index < -0.39 is 0 Å².